The average Bonchev–Trinajstić information content (AvgIpc) is 2.66. The van der Waals surface area contributed by atoms with Crippen molar-refractivity contribution < 1.29 is 9.72 Å². The third-order valence-electron chi connectivity index (χ3n) is 7.48. The van der Waals surface area contributed by atoms with Crippen molar-refractivity contribution in [3.05, 3.63) is 34.4 Å². The Kier molecular flexibility index (Phi) is 3.92. The van der Waals surface area contributed by atoms with Crippen LogP contribution in [0, 0.1) is 33.3 Å². The van der Waals surface area contributed by atoms with Crippen molar-refractivity contribution in [3.63, 3.8) is 0 Å². The van der Waals surface area contributed by atoms with Crippen molar-refractivity contribution in [2.45, 2.75) is 38.5 Å². The molecule has 1 aromatic carbocycles. The second-order valence-corrected chi connectivity index (χ2v) is 9.25. The number of amides is 1. The summed E-state index contributed by atoms with van der Waals surface area (Å²) in [6.07, 6.45) is 7.46. The van der Waals surface area contributed by atoms with Crippen LogP contribution < -0.4 is 4.90 Å². The van der Waals surface area contributed by atoms with Crippen LogP contribution in [0.3, 0.4) is 0 Å². The molecule has 144 valence electrons. The fourth-order valence-electron chi connectivity index (χ4n) is 6.66. The second kappa shape index (κ2) is 6.21. The average molecular weight is 369 g/mol. The molecule has 6 heteroatoms. The SMILES string of the molecule is O=C(N1CCN(c2ccc([N+](=O)[O-])cc2)CC1)C12CC3CC(CC(C3)C1)C2. The van der Waals surface area contributed by atoms with Gasteiger partial charge in [-0.15, -0.1) is 0 Å². The summed E-state index contributed by atoms with van der Waals surface area (Å²) in [5.74, 6) is 2.80. The summed E-state index contributed by atoms with van der Waals surface area (Å²) in [5, 5.41) is 10.8. The lowest BCUT2D eigenvalue weighted by atomic mass is 9.49. The first kappa shape index (κ1) is 17.0. The molecule has 5 aliphatic rings. The second-order valence-electron chi connectivity index (χ2n) is 9.25. The first-order valence-electron chi connectivity index (χ1n) is 10.3. The highest BCUT2D eigenvalue weighted by atomic mass is 16.6. The number of nitro benzene ring substituents is 1. The third kappa shape index (κ3) is 2.89. The summed E-state index contributed by atoms with van der Waals surface area (Å²) in [5.41, 5.74) is 1.07. The molecular weight excluding hydrogens is 342 g/mol. The third-order valence-corrected chi connectivity index (χ3v) is 7.48. The minimum Gasteiger partial charge on any atom is -0.368 e. The molecule has 0 atom stereocenters. The predicted molar refractivity (Wildman–Crippen MR) is 102 cm³/mol. The molecule has 4 aliphatic carbocycles. The molecule has 6 rings (SSSR count). The van der Waals surface area contributed by atoms with Gasteiger partial charge in [0.2, 0.25) is 5.91 Å². The van der Waals surface area contributed by atoms with Crippen LogP contribution in [-0.2, 0) is 4.79 Å². The Labute approximate surface area is 159 Å². The highest BCUT2D eigenvalue weighted by molar-refractivity contribution is 5.83. The molecule has 0 spiro atoms. The molecule has 1 saturated heterocycles. The van der Waals surface area contributed by atoms with E-state index in [4.69, 9.17) is 0 Å². The van der Waals surface area contributed by atoms with Crippen LogP contribution in [0.2, 0.25) is 0 Å². The Morgan fingerprint density at radius 2 is 1.44 bits per heavy atom. The van der Waals surface area contributed by atoms with Gasteiger partial charge < -0.3 is 9.80 Å². The molecule has 0 radical (unpaired) electrons. The van der Waals surface area contributed by atoms with Gasteiger partial charge in [-0.05, 0) is 68.4 Å². The van der Waals surface area contributed by atoms with E-state index in [9.17, 15) is 14.9 Å². The Morgan fingerprint density at radius 3 is 1.93 bits per heavy atom. The molecule has 4 bridgehead atoms. The van der Waals surface area contributed by atoms with E-state index in [1.807, 2.05) is 12.1 Å². The van der Waals surface area contributed by atoms with Crippen molar-refractivity contribution in [3.8, 4) is 0 Å². The molecule has 0 N–H and O–H groups in total. The quantitative estimate of drug-likeness (QED) is 0.604. The number of nitro groups is 1. The number of rotatable bonds is 3. The largest absolute Gasteiger partial charge is 0.368 e. The van der Waals surface area contributed by atoms with Crippen LogP contribution >= 0.6 is 0 Å². The molecule has 4 saturated carbocycles. The monoisotopic (exact) mass is 369 g/mol. The van der Waals surface area contributed by atoms with Crippen LogP contribution in [0.4, 0.5) is 11.4 Å². The van der Waals surface area contributed by atoms with Gasteiger partial charge in [0.05, 0.1) is 10.3 Å². The van der Waals surface area contributed by atoms with E-state index >= 15 is 0 Å². The van der Waals surface area contributed by atoms with Crippen molar-refractivity contribution in [1.82, 2.24) is 4.90 Å². The smallest absolute Gasteiger partial charge is 0.269 e. The summed E-state index contributed by atoms with van der Waals surface area (Å²) in [6.45, 7) is 3.13. The molecule has 5 fully saturated rings. The molecule has 27 heavy (non-hydrogen) atoms. The molecule has 1 heterocycles. The minimum absolute atomic E-state index is 0.0513. The van der Waals surface area contributed by atoms with E-state index in [0.29, 0.717) is 5.91 Å². The molecular formula is C21H27N3O3. The number of carbonyl (C=O) groups is 1. The van der Waals surface area contributed by atoms with E-state index in [2.05, 4.69) is 9.80 Å². The van der Waals surface area contributed by atoms with E-state index in [-0.39, 0.29) is 16.0 Å². The van der Waals surface area contributed by atoms with Gasteiger partial charge in [-0.25, -0.2) is 0 Å². The van der Waals surface area contributed by atoms with Crippen molar-refractivity contribution >= 4 is 17.3 Å². The first-order chi connectivity index (χ1) is 13.0. The van der Waals surface area contributed by atoms with Gasteiger partial charge in [-0.2, -0.15) is 0 Å². The van der Waals surface area contributed by atoms with Crippen LogP contribution in [0.5, 0.6) is 0 Å². The lowest BCUT2D eigenvalue weighted by molar-refractivity contribution is -0.384. The fourth-order valence-corrected chi connectivity index (χ4v) is 6.66. The number of nitrogens with zero attached hydrogens (tertiary/aromatic N) is 3. The topological polar surface area (TPSA) is 66.7 Å². The van der Waals surface area contributed by atoms with Crippen LogP contribution in [0.15, 0.2) is 24.3 Å². The molecule has 1 aliphatic heterocycles. The highest BCUT2D eigenvalue weighted by Crippen LogP contribution is 2.60. The van der Waals surface area contributed by atoms with Gasteiger partial charge in [0.15, 0.2) is 0 Å². The number of hydrogen-bond donors (Lipinski definition) is 0. The van der Waals surface area contributed by atoms with Gasteiger partial charge in [-0.3, -0.25) is 14.9 Å². The summed E-state index contributed by atoms with van der Waals surface area (Å²) < 4.78 is 0. The summed E-state index contributed by atoms with van der Waals surface area (Å²) in [6, 6.07) is 6.74. The van der Waals surface area contributed by atoms with Crippen molar-refractivity contribution in [2.24, 2.45) is 23.2 Å². The van der Waals surface area contributed by atoms with Gasteiger partial charge in [0.25, 0.3) is 5.69 Å². The van der Waals surface area contributed by atoms with Crippen molar-refractivity contribution in [2.75, 3.05) is 31.1 Å². The number of hydrogen-bond acceptors (Lipinski definition) is 4. The summed E-state index contributed by atoms with van der Waals surface area (Å²) >= 11 is 0. The number of piperazine rings is 1. The maximum Gasteiger partial charge on any atom is 0.269 e. The Balaban J connectivity index is 1.24. The molecule has 0 aromatic heterocycles. The Hall–Kier alpha value is -2.11. The molecule has 6 nitrogen and oxygen atoms in total. The lowest BCUT2D eigenvalue weighted by Crippen LogP contribution is -2.58. The fraction of sp³-hybridized carbons (Fsp3) is 0.667. The number of benzene rings is 1. The van der Waals surface area contributed by atoms with Gasteiger partial charge >= 0.3 is 0 Å². The molecule has 1 amide bonds. The van der Waals surface area contributed by atoms with E-state index in [1.165, 1.54) is 19.3 Å². The zero-order valence-electron chi connectivity index (χ0n) is 15.7. The van der Waals surface area contributed by atoms with Crippen molar-refractivity contribution in [1.29, 1.82) is 0 Å². The van der Waals surface area contributed by atoms with E-state index in [1.54, 1.807) is 12.1 Å². The lowest BCUT2D eigenvalue weighted by Gasteiger charge is -2.57. The zero-order valence-corrected chi connectivity index (χ0v) is 15.7. The van der Waals surface area contributed by atoms with Gasteiger partial charge in [0.1, 0.15) is 0 Å². The maximum absolute atomic E-state index is 13.4. The van der Waals surface area contributed by atoms with Crippen LogP contribution in [0.1, 0.15) is 38.5 Å². The maximum atomic E-state index is 13.4. The summed E-state index contributed by atoms with van der Waals surface area (Å²) in [7, 11) is 0. The molecule has 0 unspecified atom stereocenters. The predicted octanol–water partition coefficient (Wildman–Crippen LogP) is 3.46. The Morgan fingerprint density at radius 1 is 0.926 bits per heavy atom. The number of non-ortho nitro benzene ring substituents is 1. The minimum atomic E-state index is -0.369. The normalized spacial score (nSPS) is 34.7. The number of carbonyl (C=O) groups excluding carboxylic acids is 1. The van der Waals surface area contributed by atoms with Gasteiger partial charge in [0, 0.05) is 44.0 Å². The standard InChI is InChI=1S/C21H27N3O3/c25-20(21-12-15-9-16(13-21)11-17(10-15)14-21)23-7-5-22(6-8-23)18-1-3-19(4-2-18)24(26)27/h1-4,15-17H,5-14H2. The van der Waals surface area contributed by atoms with Crippen LogP contribution in [0.25, 0.3) is 0 Å². The van der Waals surface area contributed by atoms with Crippen LogP contribution in [-0.4, -0.2) is 41.9 Å². The Bertz CT molecular complexity index is 717. The zero-order chi connectivity index (χ0) is 18.6. The highest BCUT2D eigenvalue weighted by Gasteiger charge is 2.55. The van der Waals surface area contributed by atoms with Gasteiger partial charge in [-0.1, -0.05) is 0 Å². The molecule has 1 aromatic rings. The first-order valence-corrected chi connectivity index (χ1v) is 10.3. The summed E-state index contributed by atoms with van der Waals surface area (Å²) in [4.78, 5) is 28.2. The van der Waals surface area contributed by atoms with E-state index < -0.39 is 0 Å². The van der Waals surface area contributed by atoms with E-state index in [0.717, 1.165) is 68.9 Å². The number of anilines is 1.